The summed E-state index contributed by atoms with van der Waals surface area (Å²) in [6.07, 6.45) is 2.25. The van der Waals surface area contributed by atoms with Crippen molar-refractivity contribution in [3.8, 4) is 0 Å². The lowest BCUT2D eigenvalue weighted by Gasteiger charge is -2.49. The van der Waals surface area contributed by atoms with Gasteiger partial charge in [-0.05, 0) is 31.6 Å². The molecule has 0 heterocycles. The molecule has 15 heavy (non-hydrogen) atoms. The molecule has 3 saturated carbocycles. The molecule has 0 aliphatic heterocycles. The molecule has 3 heteroatoms. The smallest absolute Gasteiger partial charge is 0.306 e. The highest BCUT2D eigenvalue weighted by Gasteiger charge is 2.50. The Morgan fingerprint density at radius 3 is 2.73 bits per heavy atom. The van der Waals surface area contributed by atoms with E-state index in [1.807, 2.05) is 0 Å². The van der Waals surface area contributed by atoms with Gasteiger partial charge in [0, 0.05) is 11.8 Å². The maximum atomic E-state index is 11.9. The summed E-state index contributed by atoms with van der Waals surface area (Å²) in [7, 11) is 0. The van der Waals surface area contributed by atoms with Crippen LogP contribution in [0.4, 0.5) is 0 Å². The van der Waals surface area contributed by atoms with Crippen molar-refractivity contribution in [3.63, 3.8) is 0 Å². The predicted octanol–water partition coefficient (Wildman–Crippen LogP) is 1.80. The van der Waals surface area contributed by atoms with Crippen LogP contribution in [0.1, 0.15) is 33.1 Å². The van der Waals surface area contributed by atoms with Gasteiger partial charge in [0.1, 0.15) is 5.78 Å². The Kier molecular flexibility index (Phi) is 2.81. The van der Waals surface area contributed by atoms with Gasteiger partial charge in [-0.25, -0.2) is 0 Å². The number of esters is 1. The Hall–Kier alpha value is -0.860. The summed E-state index contributed by atoms with van der Waals surface area (Å²) in [4.78, 5) is 23.2. The molecule has 0 aromatic heterocycles. The maximum Gasteiger partial charge on any atom is 0.306 e. The van der Waals surface area contributed by atoms with Crippen LogP contribution < -0.4 is 0 Å². The van der Waals surface area contributed by atoms with Gasteiger partial charge < -0.3 is 4.74 Å². The standard InChI is InChI=1S/C12H18O3/c1-3-15-11(13)6-9-4-8-5-10(7(8)2)12(9)14/h7-10H,3-6H2,1-2H3. The number of hydrogen-bond donors (Lipinski definition) is 0. The minimum atomic E-state index is -0.218. The zero-order chi connectivity index (χ0) is 11.0. The number of Topliss-reactive ketones (excluding diaryl/α,β-unsaturated/α-hetero) is 1. The molecule has 84 valence electrons. The number of rotatable bonds is 3. The van der Waals surface area contributed by atoms with Crippen LogP contribution in [0, 0.1) is 23.7 Å². The first-order chi connectivity index (χ1) is 7.13. The molecule has 0 aromatic rings. The van der Waals surface area contributed by atoms with Gasteiger partial charge in [0.15, 0.2) is 0 Å². The fourth-order valence-electron chi connectivity index (χ4n) is 2.96. The number of fused-ring (bicyclic) bond motifs is 2. The quantitative estimate of drug-likeness (QED) is 0.667. The van der Waals surface area contributed by atoms with E-state index in [-0.39, 0.29) is 17.8 Å². The van der Waals surface area contributed by atoms with Gasteiger partial charge in [-0.1, -0.05) is 6.92 Å². The highest BCUT2D eigenvalue weighted by atomic mass is 16.5. The molecule has 3 rings (SSSR count). The molecule has 0 radical (unpaired) electrons. The summed E-state index contributed by atoms with van der Waals surface area (Å²) in [5.74, 6) is 1.50. The van der Waals surface area contributed by atoms with E-state index < -0.39 is 0 Å². The SMILES string of the molecule is CCOC(=O)CC1CC2CC(C1=O)C2C. The van der Waals surface area contributed by atoms with Crippen molar-refractivity contribution in [2.75, 3.05) is 6.61 Å². The minimum Gasteiger partial charge on any atom is -0.466 e. The summed E-state index contributed by atoms with van der Waals surface area (Å²) in [6, 6.07) is 0. The Labute approximate surface area is 90.2 Å². The molecule has 3 aliphatic carbocycles. The molecule has 2 bridgehead atoms. The van der Waals surface area contributed by atoms with E-state index in [1.54, 1.807) is 6.92 Å². The van der Waals surface area contributed by atoms with E-state index >= 15 is 0 Å². The molecule has 0 saturated heterocycles. The first-order valence-corrected chi connectivity index (χ1v) is 5.82. The van der Waals surface area contributed by atoms with Gasteiger partial charge in [0.2, 0.25) is 0 Å². The average molecular weight is 210 g/mol. The lowest BCUT2D eigenvalue weighted by molar-refractivity contribution is -0.153. The number of ketones is 1. The first-order valence-electron chi connectivity index (χ1n) is 5.82. The van der Waals surface area contributed by atoms with Crippen molar-refractivity contribution in [2.45, 2.75) is 33.1 Å². The highest BCUT2D eigenvalue weighted by molar-refractivity contribution is 5.89. The fraction of sp³-hybridized carbons (Fsp3) is 0.833. The van der Waals surface area contributed by atoms with Gasteiger partial charge in [-0.3, -0.25) is 9.59 Å². The normalized spacial score (nSPS) is 38.4. The van der Waals surface area contributed by atoms with Gasteiger partial charge in [0.05, 0.1) is 13.0 Å². The van der Waals surface area contributed by atoms with E-state index in [1.165, 1.54) is 0 Å². The Balaban J connectivity index is 1.90. The Morgan fingerprint density at radius 1 is 1.47 bits per heavy atom. The van der Waals surface area contributed by atoms with Crippen molar-refractivity contribution in [1.82, 2.24) is 0 Å². The molecule has 0 aromatic carbocycles. The molecule has 0 spiro atoms. The lowest BCUT2D eigenvalue weighted by Crippen LogP contribution is -2.49. The van der Waals surface area contributed by atoms with Crippen LogP contribution in [0.15, 0.2) is 0 Å². The van der Waals surface area contributed by atoms with E-state index in [0.717, 1.165) is 12.8 Å². The zero-order valence-electron chi connectivity index (χ0n) is 9.36. The third-order valence-electron chi connectivity index (χ3n) is 4.01. The summed E-state index contributed by atoms with van der Waals surface area (Å²) in [5, 5.41) is 0. The fourth-order valence-corrected chi connectivity index (χ4v) is 2.96. The summed E-state index contributed by atoms with van der Waals surface area (Å²) in [5.41, 5.74) is 0. The Morgan fingerprint density at radius 2 is 2.20 bits per heavy atom. The highest BCUT2D eigenvalue weighted by Crippen LogP contribution is 2.51. The molecular weight excluding hydrogens is 192 g/mol. The molecule has 4 atom stereocenters. The number of hydrogen-bond acceptors (Lipinski definition) is 3. The van der Waals surface area contributed by atoms with Crippen molar-refractivity contribution >= 4 is 11.8 Å². The van der Waals surface area contributed by atoms with Crippen LogP contribution in [-0.4, -0.2) is 18.4 Å². The van der Waals surface area contributed by atoms with Crippen LogP contribution in [0.5, 0.6) is 0 Å². The third kappa shape index (κ3) is 1.80. The van der Waals surface area contributed by atoms with E-state index in [2.05, 4.69) is 6.92 Å². The second-order valence-electron chi connectivity index (χ2n) is 4.81. The van der Waals surface area contributed by atoms with Gasteiger partial charge in [0.25, 0.3) is 0 Å². The second-order valence-corrected chi connectivity index (χ2v) is 4.81. The minimum absolute atomic E-state index is 0.0519. The summed E-state index contributed by atoms with van der Waals surface area (Å²) < 4.78 is 4.88. The van der Waals surface area contributed by atoms with Crippen molar-refractivity contribution < 1.29 is 14.3 Å². The van der Waals surface area contributed by atoms with Crippen molar-refractivity contribution in [2.24, 2.45) is 23.7 Å². The number of carbonyl (C=O) groups is 2. The third-order valence-corrected chi connectivity index (χ3v) is 4.01. The second kappa shape index (κ2) is 3.95. The van der Waals surface area contributed by atoms with Crippen LogP contribution in [-0.2, 0) is 14.3 Å². The molecule has 3 aliphatic rings. The average Bonchev–Trinajstić information content (AvgIpc) is 2.20. The molecule has 3 fully saturated rings. The molecule has 0 amide bonds. The topological polar surface area (TPSA) is 43.4 Å². The van der Waals surface area contributed by atoms with Crippen LogP contribution >= 0.6 is 0 Å². The van der Waals surface area contributed by atoms with Gasteiger partial charge in [-0.15, -0.1) is 0 Å². The van der Waals surface area contributed by atoms with Crippen molar-refractivity contribution in [3.05, 3.63) is 0 Å². The van der Waals surface area contributed by atoms with Crippen LogP contribution in [0.2, 0.25) is 0 Å². The molecule has 0 N–H and O–H groups in total. The van der Waals surface area contributed by atoms with E-state index in [4.69, 9.17) is 4.74 Å². The van der Waals surface area contributed by atoms with Gasteiger partial charge in [-0.2, -0.15) is 0 Å². The lowest BCUT2D eigenvalue weighted by atomic mass is 9.54. The van der Waals surface area contributed by atoms with Crippen LogP contribution in [0.25, 0.3) is 0 Å². The first kappa shape index (κ1) is 10.7. The monoisotopic (exact) mass is 210 g/mol. The van der Waals surface area contributed by atoms with E-state index in [0.29, 0.717) is 30.6 Å². The van der Waals surface area contributed by atoms with Crippen molar-refractivity contribution in [1.29, 1.82) is 0 Å². The predicted molar refractivity (Wildman–Crippen MR) is 55.1 cm³/mol. The van der Waals surface area contributed by atoms with E-state index in [9.17, 15) is 9.59 Å². The zero-order valence-corrected chi connectivity index (χ0v) is 9.36. The Bertz CT molecular complexity index is 285. The molecular formula is C12H18O3. The van der Waals surface area contributed by atoms with Gasteiger partial charge >= 0.3 is 5.97 Å². The molecule has 4 unspecified atom stereocenters. The number of ether oxygens (including phenoxy) is 1. The maximum absolute atomic E-state index is 11.9. The summed E-state index contributed by atoms with van der Waals surface area (Å²) in [6.45, 7) is 4.35. The largest absolute Gasteiger partial charge is 0.466 e. The van der Waals surface area contributed by atoms with Crippen LogP contribution in [0.3, 0.4) is 0 Å². The number of carbonyl (C=O) groups excluding carboxylic acids is 2. The molecule has 3 nitrogen and oxygen atoms in total. The summed E-state index contributed by atoms with van der Waals surface area (Å²) >= 11 is 0.